The maximum Gasteiger partial charge on any atom is 0.305 e. The molecule has 5 heteroatoms. The quantitative estimate of drug-likeness (QED) is 0.797. The molecule has 12 heavy (non-hydrogen) atoms. The average Bonchev–Trinajstić information content (AvgIpc) is 2.27. The minimum atomic E-state index is 0. The molecule has 0 amide bonds. The van der Waals surface area contributed by atoms with Gasteiger partial charge in [-0.2, -0.15) is 0 Å². The van der Waals surface area contributed by atoms with Crippen molar-refractivity contribution in [3.05, 3.63) is 33.9 Å². The third kappa shape index (κ3) is 2.18. The average molecular weight is 313 g/mol. The van der Waals surface area contributed by atoms with Gasteiger partial charge in [-0.3, -0.25) is 4.79 Å². The summed E-state index contributed by atoms with van der Waals surface area (Å²) in [5.41, 5.74) is 0.928. The summed E-state index contributed by atoms with van der Waals surface area (Å²) in [7, 11) is 0. The molecule has 1 N–H and O–H groups in total. The molecule has 0 saturated heterocycles. The highest BCUT2D eigenvalue weighted by Gasteiger charge is 1.93. The second-order valence-corrected chi connectivity index (χ2v) is 3.03. The first kappa shape index (κ1) is 11.9. The number of para-hydroxylation sites is 1. The van der Waals surface area contributed by atoms with Gasteiger partial charge in [-0.25, -0.2) is 0 Å². The Morgan fingerprint density at radius 3 is 2.50 bits per heavy atom. The maximum atomic E-state index is 10.8. The van der Waals surface area contributed by atoms with Gasteiger partial charge in [0.15, 0.2) is 0 Å². The van der Waals surface area contributed by atoms with Crippen molar-refractivity contribution in [1.29, 1.82) is 0 Å². The van der Waals surface area contributed by atoms with E-state index in [1.54, 1.807) is 0 Å². The number of hydrogen-bond acceptors (Lipinski definition) is 2. The molecule has 0 aliphatic heterocycles. The molecule has 2 rings (SSSR count). The summed E-state index contributed by atoms with van der Waals surface area (Å²) in [5.74, 6) is 0. The minimum Gasteiger partial charge on any atom is -0.312 e. The fourth-order valence-corrected chi connectivity index (χ4v) is 1.63. The molecular weight excluding hydrogens is 306 g/mol. The molecule has 0 unspecified atom stereocenters. The van der Waals surface area contributed by atoms with Crippen molar-refractivity contribution >= 4 is 55.5 Å². The van der Waals surface area contributed by atoms with Gasteiger partial charge in [0.1, 0.15) is 0 Å². The summed E-state index contributed by atoms with van der Waals surface area (Å²) < 4.78 is 1.02. The third-order valence-electron chi connectivity index (χ3n) is 1.33. The molecule has 0 aliphatic carbocycles. The normalized spacial score (nSPS) is 8.67. The monoisotopic (exact) mass is 311 g/mol. The Kier molecular flexibility index (Phi) is 4.74. The molecule has 2 nitrogen and oxygen atoms in total. The molecule has 0 spiro atoms. The summed E-state index contributed by atoms with van der Waals surface area (Å²) in [6.07, 6.45) is 0. The Morgan fingerprint density at radius 2 is 1.83 bits per heavy atom. The molecule has 0 bridgehead atoms. The largest absolute Gasteiger partial charge is 0.312 e. The van der Waals surface area contributed by atoms with Gasteiger partial charge in [-0.05, 0) is 12.1 Å². The summed E-state index contributed by atoms with van der Waals surface area (Å²) in [4.78, 5) is 13.5. The maximum absolute atomic E-state index is 10.8. The lowest BCUT2D eigenvalue weighted by Crippen LogP contribution is -1.89. The van der Waals surface area contributed by atoms with Gasteiger partial charge in [0.2, 0.25) is 0 Å². The number of fused-ring (bicyclic) bond motifs is 1. The molecule has 0 fully saturated rings. The molecule has 0 saturated carbocycles. The van der Waals surface area contributed by atoms with Crippen LogP contribution in [0.4, 0.5) is 0 Å². The van der Waals surface area contributed by atoms with Crippen LogP contribution in [0.5, 0.6) is 0 Å². The van der Waals surface area contributed by atoms with Crippen LogP contribution in [-0.2, 0) is 0 Å². The van der Waals surface area contributed by atoms with Crippen LogP contribution in [0.1, 0.15) is 0 Å². The minimum absolute atomic E-state index is 0. The van der Waals surface area contributed by atoms with Crippen LogP contribution in [0.3, 0.4) is 0 Å². The van der Waals surface area contributed by atoms with Gasteiger partial charge < -0.3 is 4.98 Å². The number of thiazole rings is 1. The van der Waals surface area contributed by atoms with Gasteiger partial charge >= 0.3 is 4.87 Å². The topological polar surface area (TPSA) is 32.9 Å². The Balaban J connectivity index is 0.000000605. The number of H-pyrrole nitrogens is 1. The van der Waals surface area contributed by atoms with Crippen LogP contribution in [0, 0.1) is 0 Å². The highest BCUT2D eigenvalue weighted by Crippen LogP contribution is 2.11. The van der Waals surface area contributed by atoms with E-state index in [-0.39, 0.29) is 38.8 Å². The Morgan fingerprint density at radius 1 is 1.17 bits per heavy atom. The molecule has 2 aromatic rings. The van der Waals surface area contributed by atoms with Gasteiger partial charge in [-0.15, -0.1) is 34.0 Å². The number of nitrogens with one attached hydrogen (secondary N) is 1. The van der Waals surface area contributed by atoms with E-state index < -0.39 is 0 Å². The summed E-state index contributed by atoms with van der Waals surface area (Å²) >= 11 is 1.24. The molecule has 0 aliphatic rings. The van der Waals surface area contributed by atoms with Crippen molar-refractivity contribution in [3.8, 4) is 0 Å². The smallest absolute Gasteiger partial charge is 0.305 e. The van der Waals surface area contributed by atoms with E-state index in [9.17, 15) is 4.79 Å². The molecule has 0 radical (unpaired) electrons. The first-order chi connectivity index (χ1) is 4.86. The van der Waals surface area contributed by atoms with Gasteiger partial charge in [0.25, 0.3) is 0 Å². The number of aromatic nitrogens is 1. The Hall–Kier alpha value is -0.130. The lowest BCUT2D eigenvalue weighted by atomic mass is 10.3. The van der Waals surface area contributed by atoms with Crippen LogP contribution in [0.15, 0.2) is 29.1 Å². The number of halogens is 2. The van der Waals surface area contributed by atoms with Crippen molar-refractivity contribution in [2.24, 2.45) is 0 Å². The zero-order valence-corrected chi connectivity index (χ0v) is 10.2. The van der Waals surface area contributed by atoms with Crippen LogP contribution in [-0.4, -0.2) is 4.98 Å². The zero-order chi connectivity index (χ0) is 6.97. The van der Waals surface area contributed by atoms with Crippen molar-refractivity contribution in [1.82, 2.24) is 4.98 Å². The van der Waals surface area contributed by atoms with E-state index in [4.69, 9.17) is 0 Å². The Labute approximate surface area is 94.2 Å². The lowest BCUT2D eigenvalue weighted by molar-refractivity contribution is 1.41. The fourth-order valence-electron chi connectivity index (χ4n) is 0.894. The molecule has 1 heterocycles. The third-order valence-corrected chi connectivity index (χ3v) is 2.19. The fraction of sp³-hybridized carbons (Fsp3) is 0. The number of aromatic amines is 1. The van der Waals surface area contributed by atoms with Crippen LogP contribution in [0.2, 0.25) is 0 Å². The predicted octanol–water partition coefficient (Wildman–Crippen LogP) is 2.75. The van der Waals surface area contributed by atoms with E-state index in [0.717, 1.165) is 10.2 Å². The zero-order valence-electron chi connectivity index (χ0n) is 5.94. The van der Waals surface area contributed by atoms with E-state index in [0.29, 0.717) is 0 Å². The second kappa shape index (κ2) is 4.79. The van der Waals surface area contributed by atoms with Gasteiger partial charge in [-0.1, -0.05) is 23.5 Å². The first-order valence-electron chi connectivity index (χ1n) is 2.94. The number of benzene rings is 1. The van der Waals surface area contributed by atoms with Crippen LogP contribution in [0.25, 0.3) is 10.2 Å². The van der Waals surface area contributed by atoms with E-state index in [1.165, 1.54) is 11.3 Å². The van der Waals surface area contributed by atoms with Crippen molar-refractivity contribution in [2.45, 2.75) is 0 Å². The summed E-state index contributed by atoms with van der Waals surface area (Å²) in [6.45, 7) is 0. The predicted molar refractivity (Wildman–Crippen MR) is 63.1 cm³/mol. The standard InChI is InChI=1S/C7H5NOS.2BrH/c9-7-8-5-3-1-2-4-6(5)10-7;;/h1-4H,(H,8,9);2*1H. The van der Waals surface area contributed by atoms with Gasteiger partial charge in [0, 0.05) is 0 Å². The van der Waals surface area contributed by atoms with E-state index in [1.807, 2.05) is 24.3 Å². The second-order valence-electron chi connectivity index (χ2n) is 2.01. The lowest BCUT2D eigenvalue weighted by Gasteiger charge is -1.81. The molecule has 1 aromatic heterocycles. The van der Waals surface area contributed by atoms with Crippen molar-refractivity contribution < 1.29 is 0 Å². The summed E-state index contributed by atoms with van der Waals surface area (Å²) in [5, 5.41) is 0. The number of hydrogen-bond donors (Lipinski definition) is 1. The van der Waals surface area contributed by atoms with Crippen LogP contribution >= 0.6 is 45.3 Å². The Bertz CT molecular complexity index is 373. The number of rotatable bonds is 0. The molecule has 1 aromatic carbocycles. The molecule has 0 atom stereocenters. The molecular formula is C7H7Br2NOS. The summed E-state index contributed by atoms with van der Waals surface area (Å²) in [6, 6.07) is 7.65. The van der Waals surface area contributed by atoms with Gasteiger partial charge in [0.05, 0.1) is 10.2 Å². The SMILES string of the molecule is Br.Br.O=c1[nH]c2ccccc2s1. The highest BCUT2D eigenvalue weighted by molar-refractivity contribution is 8.93. The van der Waals surface area contributed by atoms with Crippen LogP contribution < -0.4 is 4.87 Å². The highest BCUT2D eigenvalue weighted by atomic mass is 79.9. The van der Waals surface area contributed by atoms with E-state index in [2.05, 4.69) is 4.98 Å². The first-order valence-corrected chi connectivity index (χ1v) is 3.76. The van der Waals surface area contributed by atoms with Crippen molar-refractivity contribution in [2.75, 3.05) is 0 Å². The van der Waals surface area contributed by atoms with E-state index >= 15 is 0 Å². The van der Waals surface area contributed by atoms with Crippen molar-refractivity contribution in [3.63, 3.8) is 0 Å². The molecule has 66 valence electrons.